The van der Waals surface area contributed by atoms with E-state index in [0.29, 0.717) is 35.6 Å². The van der Waals surface area contributed by atoms with Crippen LogP contribution in [0.2, 0.25) is 5.02 Å². The van der Waals surface area contributed by atoms with Gasteiger partial charge in [-0.2, -0.15) is 5.10 Å². The predicted molar refractivity (Wildman–Crippen MR) is 140 cm³/mol. The molecule has 3 aromatic rings. The Kier molecular flexibility index (Phi) is 8.36. The smallest absolute Gasteiger partial charge is 0.274 e. The molecule has 0 saturated carbocycles. The Balaban J connectivity index is 2.06. The molecule has 2 aromatic heterocycles. The SMILES string of the molecule is CC(C)N(C(=O)c1cc(Br)cc(Br)c1NC(=O)c1cc(Br)nn1-c1ncccc1Cl)C(C)C. The first kappa shape index (κ1) is 25.9. The third-order valence-electron chi connectivity index (χ3n) is 4.72. The minimum Gasteiger partial charge on any atom is -0.334 e. The van der Waals surface area contributed by atoms with E-state index in [1.807, 2.05) is 27.7 Å². The third kappa shape index (κ3) is 5.67. The minimum atomic E-state index is -0.479. The largest absolute Gasteiger partial charge is 0.334 e. The van der Waals surface area contributed by atoms with E-state index in [1.165, 1.54) is 4.68 Å². The molecule has 0 aliphatic heterocycles. The number of halogens is 4. The van der Waals surface area contributed by atoms with Gasteiger partial charge in [-0.3, -0.25) is 9.59 Å². The number of rotatable bonds is 6. The van der Waals surface area contributed by atoms with Gasteiger partial charge in [0.15, 0.2) is 5.82 Å². The molecule has 11 heteroatoms. The van der Waals surface area contributed by atoms with Crippen LogP contribution in [-0.4, -0.2) is 43.6 Å². The summed E-state index contributed by atoms with van der Waals surface area (Å²) in [5, 5.41) is 7.52. The van der Waals surface area contributed by atoms with Gasteiger partial charge in [0.1, 0.15) is 10.3 Å². The van der Waals surface area contributed by atoms with Gasteiger partial charge in [0.2, 0.25) is 0 Å². The number of anilines is 1. The Bertz CT molecular complexity index is 1200. The standard InChI is InChI=1S/C22H21Br3ClN5O2/c1-11(2)30(12(3)4)22(33)14-8-13(23)9-15(24)19(14)28-21(32)17-10-18(25)29-31(17)20-16(26)6-5-7-27-20/h5-12H,1-4H3,(H,28,32). The lowest BCUT2D eigenvalue weighted by Gasteiger charge is -2.31. The van der Waals surface area contributed by atoms with Gasteiger partial charge >= 0.3 is 0 Å². The molecule has 0 aliphatic rings. The van der Waals surface area contributed by atoms with Gasteiger partial charge < -0.3 is 10.2 Å². The summed E-state index contributed by atoms with van der Waals surface area (Å²) >= 11 is 16.5. The number of nitrogens with one attached hydrogen (secondary N) is 1. The Hall–Kier alpha value is -1.75. The summed E-state index contributed by atoms with van der Waals surface area (Å²) in [6, 6.07) is 8.33. The lowest BCUT2D eigenvalue weighted by Crippen LogP contribution is -2.42. The number of hydrogen-bond acceptors (Lipinski definition) is 4. The number of pyridine rings is 1. The summed E-state index contributed by atoms with van der Waals surface area (Å²) in [4.78, 5) is 32.9. The molecule has 3 rings (SSSR count). The molecular weight excluding hydrogens is 641 g/mol. The van der Waals surface area contributed by atoms with E-state index in [-0.39, 0.29) is 23.7 Å². The topological polar surface area (TPSA) is 80.1 Å². The summed E-state index contributed by atoms with van der Waals surface area (Å²) in [6.45, 7) is 7.82. The highest BCUT2D eigenvalue weighted by Crippen LogP contribution is 2.33. The molecule has 1 aromatic carbocycles. The molecule has 0 radical (unpaired) electrons. The summed E-state index contributed by atoms with van der Waals surface area (Å²) < 4.78 is 3.05. The Morgan fingerprint density at radius 3 is 2.36 bits per heavy atom. The zero-order valence-electron chi connectivity index (χ0n) is 18.2. The van der Waals surface area contributed by atoms with Crippen LogP contribution in [0.1, 0.15) is 48.5 Å². The fraction of sp³-hybridized carbons (Fsp3) is 0.273. The number of benzene rings is 1. The zero-order chi connectivity index (χ0) is 24.4. The van der Waals surface area contributed by atoms with Crippen LogP contribution in [0.25, 0.3) is 5.82 Å². The molecule has 33 heavy (non-hydrogen) atoms. The van der Waals surface area contributed by atoms with Crippen LogP contribution < -0.4 is 5.32 Å². The molecule has 0 fully saturated rings. The molecule has 174 valence electrons. The van der Waals surface area contributed by atoms with E-state index in [9.17, 15) is 9.59 Å². The second kappa shape index (κ2) is 10.7. The Labute approximate surface area is 222 Å². The minimum absolute atomic E-state index is 0.0255. The summed E-state index contributed by atoms with van der Waals surface area (Å²) in [5.74, 6) is -0.362. The molecule has 2 amide bonds. The van der Waals surface area contributed by atoms with Crippen molar-refractivity contribution >= 4 is 76.9 Å². The second-order valence-corrected chi connectivity index (χ2v) is 10.7. The number of carbonyl (C=O) groups excluding carboxylic acids is 2. The Morgan fingerprint density at radius 2 is 1.76 bits per heavy atom. The normalized spacial score (nSPS) is 11.2. The van der Waals surface area contributed by atoms with Crippen molar-refractivity contribution in [3.8, 4) is 5.82 Å². The number of nitrogens with zero attached hydrogens (tertiary/aromatic N) is 4. The van der Waals surface area contributed by atoms with Gasteiger partial charge in [0, 0.05) is 33.3 Å². The van der Waals surface area contributed by atoms with E-state index < -0.39 is 5.91 Å². The average Bonchev–Trinajstić information content (AvgIpc) is 3.11. The number of aromatic nitrogens is 3. The van der Waals surface area contributed by atoms with Crippen molar-refractivity contribution in [2.75, 3.05) is 5.32 Å². The first-order valence-corrected chi connectivity index (χ1v) is 12.8. The second-order valence-electron chi connectivity index (χ2n) is 7.74. The van der Waals surface area contributed by atoms with E-state index in [1.54, 1.807) is 41.4 Å². The van der Waals surface area contributed by atoms with Crippen LogP contribution in [0.5, 0.6) is 0 Å². The van der Waals surface area contributed by atoms with E-state index in [0.717, 1.165) is 0 Å². The van der Waals surface area contributed by atoms with Gasteiger partial charge in [0.25, 0.3) is 11.8 Å². The maximum atomic E-state index is 13.5. The summed E-state index contributed by atoms with van der Waals surface area (Å²) in [6.07, 6.45) is 1.56. The Morgan fingerprint density at radius 1 is 1.09 bits per heavy atom. The molecule has 0 unspecified atom stereocenters. The van der Waals surface area contributed by atoms with Crippen molar-refractivity contribution in [2.24, 2.45) is 0 Å². The monoisotopic (exact) mass is 659 g/mol. The maximum absolute atomic E-state index is 13.5. The molecule has 7 nitrogen and oxygen atoms in total. The lowest BCUT2D eigenvalue weighted by atomic mass is 10.1. The van der Waals surface area contributed by atoms with Gasteiger partial charge in [-0.05, 0) is 83.8 Å². The highest BCUT2D eigenvalue weighted by atomic mass is 79.9. The van der Waals surface area contributed by atoms with Crippen LogP contribution in [0.4, 0.5) is 5.69 Å². The number of amides is 2. The van der Waals surface area contributed by atoms with E-state index >= 15 is 0 Å². The van der Waals surface area contributed by atoms with Crippen LogP contribution in [0, 0.1) is 0 Å². The maximum Gasteiger partial charge on any atom is 0.274 e. The van der Waals surface area contributed by atoms with Crippen molar-refractivity contribution in [2.45, 2.75) is 39.8 Å². The van der Waals surface area contributed by atoms with Crippen molar-refractivity contribution < 1.29 is 9.59 Å². The summed E-state index contributed by atoms with van der Waals surface area (Å²) in [5.41, 5.74) is 0.906. The van der Waals surface area contributed by atoms with Crippen LogP contribution in [0.3, 0.4) is 0 Å². The predicted octanol–water partition coefficient (Wildman–Crippen LogP) is 6.72. The molecule has 0 bridgehead atoms. The fourth-order valence-electron chi connectivity index (χ4n) is 3.46. The fourth-order valence-corrected chi connectivity index (χ4v) is 5.36. The molecule has 2 heterocycles. The highest BCUT2D eigenvalue weighted by Gasteiger charge is 2.27. The van der Waals surface area contributed by atoms with Crippen LogP contribution in [0.15, 0.2) is 50.1 Å². The van der Waals surface area contributed by atoms with Gasteiger partial charge in [-0.15, -0.1) is 0 Å². The average molecular weight is 663 g/mol. The van der Waals surface area contributed by atoms with Crippen molar-refractivity contribution in [3.63, 3.8) is 0 Å². The van der Waals surface area contributed by atoms with Crippen molar-refractivity contribution in [1.29, 1.82) is 0 Å². The van der Waals surface area contributed by atoms with E-state index in [4.69, 9.17) is 11.6 Å². The molecule has 0 aliphatic carbocycles. The highest BCUT2D eigenvalue weighted by molar-refractivity contribution is 9.11. The van der Waals surface area contributed by atoms with E-state index in [2.05, 4.69) is 63.2 Å². The molecular formula is C22H21Br3ClN5O2. The van der Waals surface area contributed by atoms with Gasteiger partial charge in [0.05, 0.1) is 16.3 Å². The molecule has 1 N–H and O–H groups in total. The number of hydrogen-bond donors (Lipinski definition) is 1. The van der Waals surface area contributed by atoms with Gasteiger partial charge in [-0.25, -0.2) is 9.67 Å². The molecule has 0 atom stereocenters. The van der Waals surface area contributed by atoms with Crippen molar-refractivity contribution in [1.82, 2.24) is 19.7 Å². The first-order chi connectivity index (χ1) is 15.5. The first-order valence-electron chi connectivity index (χ1n) is 10.0. The van der Waals surface area contributed by atoms with Crippen molar-refractivity contribution in [3.05, 3.63) is 66.4 Å². The lowest BCUT2D eigenvalue weighted by molar-refractivity contribution is 0.0644. The summed E-state index contributed by atoms with van der Waals surface area (Å²) in [7, 11) is 0. The number of carbonyl (C=O) groups is 2. The molecule has 0 spiro atoms. The van der Waals surface area contributed by atoms with Crippen LogP contribution in [-0.2, 0) is 0 Å². The van der Waals surface area contributed by atoms with Gasteiger partial charge in [-0.1, -0.05) is 27.5 Å². The zero-order valence-corrected chi connectivity index (χ0v) is 23.7. The third-order valence-corrected chi connectivity index (χ3v) is 6.49. The quantitative estimate of drug-likeness (QED) is 0.318. The van der Waals surface area contributed by atoms with Crippen LogP contribution >= 0.6 is 59.4 Å². The molecule has 0 saturated heterocycles.